The second-order valence-electron chi connectivity index (χ2n) is 6.78. The van der Waals surface area contributed by atoms with Crippen LogP contribution in [0.15, 0.2) is 41.7 Å². The summed E-state index contributed by atoms with van der Waals surface area (Å²) in [4.78, 5) is 9.09. The fraction of sp³-hybridized carbons (Fsp3) is 0.348. The van der Waals surface area contributed by atoms with Crippen LogP contribution in [-0.2, 0) is 9.57 Å². The Balaban J connectivity index is 0.00000187. The van der Waals surface area contributed by atoms with Gasteiger partial charge in [0.1, 0.15) is 41.0 Å². The molecule has 3 aromatic rings. The summed E-state index contributed by atoms with van der Waals surface area (Å²) >= 11 is 0. The van der Waals surface area contributed by atoms with Crippen molar-refractivity contribution in [3.8, 4) is 0 Å². The van der Waals surface area contributed by atoms with E-state index in [0.29, 0.717) is 18.0 Å². The molecule has 176 valence electrons. The van der Waals surface area contributed by atoms with Crippen molar-refractivity contribution < 1.29 is 18.4 Å². The Morgan fingerprint density at radius 2 is 1.94 bits per heavy atom. The highest BCUT2D eigenvalue weighted by molar-refractivity contribution is 5.97. The molecule has 10 heteroatoms. The molecule has 1 unspecified atom stereocenters. The first-order valence-corrected chi connectivity index (χ1v) is 10.5. The van der Waals surface area contributed by atoms with Crippen LogP contribution >= 0.6 is 0 Å². The summed E-state index contributed by atoms with van der Waals surface area (Å²) in [6, 6.07) is 7.18. The van der Waals surface area contributed by atoms with Crippen molar-refractivity contribution in [1.29, 1.82) is 10.8 Å². The molecule has 33 heavy (non-hydrogen) atoms. The molecule has 0 aliphatic heterocycles. The van der Waals surface area contributed by atoms with Crippen LogP contribution in [0.25, 0.3) is 10.9 Å². The molecular weight excluding hydrogens is 430 g/mol. The number of pyridine rings is 1. The van der Waals surface area contributed by atoms with E-state index in [0.717, 1.165) is 10.7 Å². The molecule has 0 aliphatic carbocycles. The maximum atomic E-state index is 15.1. The van der Waals surface area contributed by atoms with Gasteiger partial charge in [0.05, 0.1) is 12.1 Å². The molecule has 0 aliphatic rings. The van der Waals surface area contributed by atoms with Crippen LogP contribution in [0.5, 0.6) is 0 Å². The van der Waals surface area contributed by atoms with Gasteiger partial charge < -0.3 is 9.57 Å². The molecule has 8 nitrogen and oxygen atoms in total. The standard InChI is InChI=1S/C21H22F2N6O2.C2H6/c1-12(19-15(22)11-17-14(20(19)23)5-4-8-26-17)21(25)29-18(24)7-6-16(27-29)13(2)28-31-10-9-30-3;1-2/h4-8,11-12,24-25H,9-10H2,1-3H3;1-2H3/b24-18?,25-21?,28-13+;. The van der Waals surface area contributed by atoms with Crippen LogP contribution in [0.2, 0.25) is 0 Å². The van der Waals surface area contributed by atoms with Crippen LogP contribution in [-0.4, -0.2) is 46.6 Å². The predicted molar refractivity (Wildman–Crippen MR) is 123 cm³/mol. The third-order valence-electron chi connectivity index (χ3n) is 4.69. The van der Waals surface area contributed by atoms with E-state index in [9.17, 15) is 4.39 Å². The highest BCUT2D eigenvalue weighted by atomic mass is 19.1. The highest BCUT2D eigenvalue weighted by Gasteiger charge is 2.24. The molecule has 2 heterocycles. The molecule has 0 saturated heterocycles. The van der Waals surface area contributed by atoms with Crippen LogP contribution in [0.4, 0.5) is 8.78 Å². The van der Waals surface area contributed by atoms with Crippen molar-refractivity contribution in [2.75, 3.05) is 20.3 Å². The monoisotopic (exact) mass is 458 g/mol. The second-order valence-corrected chi connectivity index (χ2v) is 6.78. The van der Waals surface area contributed by atoms with E-state index in [-0.39, 0.29) is 34.4 Å². The Hall–Kier alpha value is -3.53. The van der Waals surface area contributed by atoms with Gasteiger partial charge in [0, 0.05) is 36.2 Å². The smallest absolute Gasteiger partial charge is 0.148 e. The number of aromatic nitrogens is 3. The fourth-order valence-corrected chi connectivity index (χ4v) is 2.99. The zero-order valence-corrected chi connectivity index (χ0v) is 19.3. The van der Waals surface area contributed by atoms with Gasteiger partial charge in [-0.1, -0.05) is 25.9 Å². The van der Waals surface area contributed by atoms with E-state index in [4.69, 9.17) is 20.4 Å². The molecule has 0 saturated carbocycles. The Kier molecular flexibility index (Phi) is 9.29. The molecule has 1 atom stereocenters. The molecule has 1 aromatic carbocycles. The maximum absolute atomic E-state index is 15.1. The molecule has 3 rings (SSSR count). The lowest BCUT2D eigenvalue weighted by Crippen LogP contribution is -2.33. The Morgan fingerprint density at radius 3 is 2.64 bits per heavy atom. The summed E-state index contributed by atoms with van der Waals surface area (Å²) in [7, 11) is 1.54. The normalized spacial score (nSPS) is 12.2. The van der Waals surface area contributed by atoms with Gasteiger partial charge in [0.2, 0.25) is 0 Å². The molecule has 0 fully saturated rings. The van der Waals surface area contributed by atoms with E-state index in [1.165, 1.54) is 25.3 Å². The number of methoxy groups -OCH3 is 1. The number of nitrogens with one attached hydrogen (secondary N) is 2. The Labute approximate surface area is 190 Å². The van der Waals surface area contributed by atoms with Gasteiger partial charge in [-0.3, -0.25) is 15.8 Å². The van der Waals surface area contributed by atoms with Crippen LogP contribution in [0.1, 0.15) is 44.9 Å². The average Bonchev–Trinajstić information content (AvgIpc) is 2.82. The second kappa shape index (κ2) is 11.9. The lowest BCUT2D eigenvalue weighted by atomic mass is 9.96. The van der Waals surface area contributed by atoms with Gasteiger partial charge in [0.25, 0.3) is 0 Å². The maximum Gasteiger partial charge on any atom is 0.148 e. The summed E-state index contributed by atoms with van der Waals surface area (Å²) in [5, 5.41) is 24.9. The van der Waals surface area contributed by atoms with Crippen molar-refractivity contribution in [2.45, 2.75) is 33.6 Å². The number of benzene rings is 1. The quantitative estimate of drug-likeness (QED) is 0.239. The summed E-state index contributed by atoms with van der Waals surface area (Å²) in [5.41, 5.74) is 0.567. The lowest BCUT2D eigenvalue weighted by Gasteiger charge is -2.18. The van der Waals surface area contributed by atoms with Crippen molar-refractivity contribution in [2.24, 2.45) is 5.16 Å². The average molecular weight is 459 g/mol. The highest BCUT2D eigenvalue weighted by Crippen LogP contribution is 2.29. The molecule has 0 amide bonds. The number of nitrogens with zero attached hydrogens (tertiary/aromatic N) is 4. The fourth-order valence-electron chi connectivity index (χ4n) is 2.99. The number of oxime groups is 1. The molecule has 0 spiro atoms. The molecule has 2 aromatic heterocycles. The van der Waals surface area contributed by atoms with Crippen molar-refractivity contribution in [1.82, 2.24) is 14.8 Å². The van der Waals surface area contributed by atoms with Crippen LogP contribution in [0.3, 0.4) is 0 Å². The third-order valence-corrected chi connectivity index (χ3v) is 4.69. The molecular formula is C23H28F2N6O2. The van der Waals surface area contributed by atoms with Gasteiger partial charge in [0.15, 0.2) is 0 Å². The number of fused-ring (bicyclic) bond motifs is 1. The third kappa shape index (κ3) is 5.83. The summed E-state index contributed by atoms with van der Waals surface area (Å²) in [6.45, 7) is 7.77. The van der Waals surface area contributed by atoms with Crippen molar-refractivity contribution >= 4 is 22.5 Å². The zero-order valence-electron chi connectivity index (χ0n) is 19.3. The number of rotatable bonds is 7. The molecule has 0 radical (unpaired) electrons. The predicted octanol–water partition coefficient (Wildman–Crippen LogP) is 4.23. The van der Waals surface area contributed by atoms with E-state index < -0.39 is 17.6 Å². The summed E-state index contributed by atoms with van der Waals surface area (Å²) in [5.74, 6) is -2.88. The largest absolute Gasteiger partial charge is 0.393 e. The topological polar surface area (TPSA) is 109 Å². The van der Waals surface area contributed by atoms with E-state index in [1.54, 1.807) is 26.2 Å². The van der Waals surface area contributed by atoms with Gasteiger partial charge >= 0.3 is 0 Å². The SMILES string of the molecule is CC.COCCO/N=C(\C)c1ccc(=N)n(C(=N)C(C)c2c(F)cc3ncccc3c2F)n1. The van der Waals surface area contributed by atoms with Gasteiger partial charge in [-0.05, 0) is 31.2 Å². The van der Waals surface area contributed by atoms with Gasteiger partial charge in [-0.15, -0.1) is 0 Å². The minimum atomic E-state index is -1.02. The first-order valence-electron chi connectivity index (χ1n) is 10.5. The minimum absolute atomic E-state index is 0.114. The van der Waals surface area contributed by atoms with Crippen LogP contribution < -0.4 is 5.49 Å². The van der Waals surface area contributed by atoms with Crippen molar-refractivity contribution in [3.63, 3.8) is 0 Å². The van der Waals surface area contributed by atoms with Crippen molar-refractivity contribution in [3.05, 3.63) is 64.9 Å². The number of hydrogen-bond donors (Lipinski definition) is 2. The first-order chi connectivity index (χ1) is 15.8. The first kappa shape index (κ1) is 25.7. The van der Waals surface area contributed by atoms with E-state index >= 15 is 4.39 Å². The number of halogens is 2. The Morgan fingerprint density at radius 1 is 1.21 bits per heavy atom. The lowest BCUT2D eigenvalue weighted by molar-refractivity contribution is 0.0751. The van der Waals surface area contributed by atoms with E-state index in [2.05, 4.69) is 15.2 Å². The number of ether oxygens (including phenoxy) is 1. The van der Waals surface area contributed by atoms with Gasteiger partial charge in [-0.25, -0.2) is 13.5 Å². The number of hydrogen-bond acceptors (Lipinski definition) is 7. The van der Waals surface area contributed by atoms with Gasteiger partial charge in [-0.2, -0.15) is 5.10 Å². The zero-order chi connectivity index (χ0) is 24.5. The molecule has 0 bridgehead atoms. The summed E-state index contributed by atoms with van der Waals surface area (Å²) in [6.07, 6.45) is 1.45. The summed E-state index contributed by atoms with van der Waals surface area (Å²) < 4.78 is 35.7. The van der Waals surface area contributed by atoms with E-state index in [1.807, 2.05) is 13.8 Å². The minimum Gasteiger partial charge on any atom is -0.393 e. The van der Waals surface area contributed by atoms with Crippen LogP contribution in [0, 0.1) is 22.5 Å². The molecule has 2 N–H and O–H groups in total. The Bertz CT molecular complexity index is 1210.